The minimum Gasteiger partial charge on any atom is -0.507 e. The molecule has 2 aromatic carbocycles. The van der Waals surface area contributed by atoms with Crippen molar-refractivity contribution in [1.82, 2.24) is 0 Å². The highest BCUT2D eigenvalue weighted by molar-refractivity contribution is 9.10. The second kappa shape index (κ2) is 5.66. The van der Waals surface area contributed by atoms with Crippen LogP contribution in [0.2, 0.25) is 0 Å². The summed E-state index contributed by atoms with van der Waals surface area (Å²) in [6, 6.07) is 5.64. The Kier molecular flexibility index (Phi) is 4.13. The molecule has 3 N–H and O–H groups in total. The lowest BCUT2D eigenvalue weighted by molar-refractivity contribution is 0.434. The van der Waals surface area contributed by atoms with Gasteiger partial charge in [-0.05, 0) is 41.1 Å². The van der Waals surface area contributed by atoms with Crippen molar-refractivity contribution < 1.29 is 19.0 Å². The number of aromatic hydroxyl groups is 2. The molecular formula is C14H12BrF2NO2. The van der Waals surface area contributed by atoms with Crippen LogP contribution in [0.1, 0.15) is 18.5 Å². The highest BCUT2D eigenvalue weighted by Crippen LogP contribution is 2.36. The molecule has 0 radical (unpaired) electrons. The van der Waals surface area contributed by atoms with E-state index in [1.54, 1.807) is 6.92 Å². The molecule has 0 aliphatic rings. The maximum Gasteiger partial charge on any atom is 0.150 e. The Morgan fingerprint density at radius 2 is 1.75 bits per heavy atom. The van der Waals surface area contributed by atoms with Crippen molar-refractivity contribution >= 4 is 21.6 Å². The van der Waals surface area contributed by atoms with Crippen LogP contribution in [0.4, 0.5) is 14.5 Å². The second-order valence-electron chi connectivity index (χ2n) is 4.32. The number of phenols is 2. The zero-order valence-corrected chi connectivity index (χ0v) is 12.1. The van der Waals surface area contributed by atoms with Gasteiger partial charge in [0.25, 0.3) is 0 Å². The standard InChI is InChI=1S/C14H12BrF2NO2/c1-7(13-11(19)3-2-4-12(13)20)18-14-9(15)5-8(16)6-10(14)17/h2-7,18-20H,1H3. The van der Waals surface area contributed by atoms with Crippen molar-refractivity contribution in [2.45, 2.75) is 13.0 Å². The normalized spacial score (nSPS) is 12.2. The number of anilines is 1. The Bertz CT molecular complexity index is 606. The van der Waals surface area contributed by atoms with Gasteiger partial charge < -0.3 is 15.5 Å². The molecule has 0 saturated heterocycles. The van der Waals surface area contributed by atoms with Crippen LogP contribution in [0.5, 0.6) is 11.5 Å². The Morgan fingerprint density at radius 1 is 1.15 bits per heavy atom. The molecule has 20 heavy (non-hydrogen) atoms. The van der Waals surface area contributed by atoms with Crippen LogP contribution in [0.25, 0.3) is 0 Å². The Morgan fingerprint density at radius 3 is 2.30 bits per heavy atom. The molecule has 0 heterocycles. The van der Waals surface area contributed by atoms with Gasteiger partial charge in [-0.3, -0.25) is 0 Å². The molecule has 0 aliphatic carbocycles. The summed E-state index contributed by atoms with van der Waals surface area (Å²) in [7, 11) is 0. The molecule has 106 valence electrons. The van der Waals surface area contributed by atoms with E-state index in [0.29, 0.717) is 0 Å². The smallest absolute Gasteiger partial charge is 0.150 e. The summed E-state index contributed by atoms with van der Waals surface area (Å²) in [5.74, 6) is -1.68. The van der Waals surface area contributed by atoms with Crippen molar-refractivity contribution in [2.24, 2.45) is 0 Å². The monoisotopic (exact) mass is 343 g/mol. The van der Waals surface area contributed by atoms with E-state index in [2.05, 4.69) is 21.2 Å². The van der Waals surface area contributed by atoms with Gasteiger partial charge in [0.2, 0.25) is 0 Å². The van der Waals surface area contributed by atoms with Crippen molar-refractivity contribution in [2.75, 3.05) is 5.32 Å². The highest BCUT2D eigenvalue weighted by Gasteiger charge is 2.18. The molecule has 6 heteroatoms. The van der Waals surface area contributed by atoms with Crippen molar-refractivity contribution in [3.63, 3.8) is 0 Å². The average Bonchev–Trinajstić information content (AvgIpc) is 2.33. The van der Waals surface area contributed by atoms with E-state index in [1.807, 2.05) is 0 Å². The lowest BCUT2D eigenvalue weighted by atomic mass is 10.1. The van der Waals surface area contributed by atoms with Gasteiger partial charge in [0, 0.05) is 10.5 Å². The van der Waals surface area contributed by atoms with Gasteiger partial charge in [-0.1, -0.05) is 6.07 Å². The van der Waals surface area contributed by atoms with E-state index in [1.165, 1.54) is 18.2 Å². The third kappa shape index (κ3) is 2.85. The summed E-state index contributed by atoms with van der Waals surface area (Å²) in [6.45, 7) is 1.64. The number of rotatable bonds is 3. The second-order valence-corrected chi connectivity index (χ2v) is 5.17. The van der Waals surface area contributed by atoms with Crippen LogP contribution in [0.15, 0.2) is 34.8 Å². The lowest BCUT2D eigenvalue weighted by Gasteiger charge is -2.19. The van der Waals surface area contributed by atoms with Crippen LogP contribution in [0.3, 0.4) is 0 Å². The maximum absolute atomic E-state index is 13.7. The van der Waals surface area contributed by atoms with Crippen molar-refractivity contribution in [3.05, 3.63) is 52.0 Å². The first-order valence-corrected chi connectivity index (χ1v) is 6.61. The molecule has 0 saturated carbocycles. The summed E-state index contributed by atoms with van der Waals surface area (Å²) in [5, 5.41) is 22.3. The van der Waals surface area contributed by atoms with E-state index in [9.17, 15) is 19.0 Å². The predicted octanol–water partition coefficient (Wildman–Crippen LogP) is 4.31. The van der Waals surface area contributed by atoms with Gasteiger partial charge in [0.05, 0.1) is 17.3 Å². The lowest BCUT2D eigenvalue weighted by Crippen LogP contribution is -2.09. The minimum absolute atomic E-state index is 0.0570. The predicted molar refractivity (Wildman–Crippen MR) is 75.9 cm³/mol. The van der Waals surface area contributed by atoms with Gasteiger partial charge in [-0.15, -0.1) is 0 Å². The van der Waals surface area contributed by atoms with Gasteiger partial charge in [-0.25, -0.2) is 8.78 Å². The van der Waals surface area contributed by atoms with Gasteiger partial charge in [-0.2, -0.15) is 0 Å². The Hall–Kier alpha value is -1.82. The Balaban J connectivity index is 2.35. The third-order valence-corrected chi connectivity index (χ3v) is 3.49. The summed E-state index contributed by atoms with van der Waals surface area (Å²) in [6.07, 6.45) is 0. The molecule has 1 unspecified atom stereocenters. The quantitative estimate of drug-likeness (QED) is 0.778. The summed E-state index contributed by atoms with van der Waals surface area (Å²) < 4.78 is 27.0. The largest absolute Gasteiger partial charge is 0.507 e. The molecule has 0 spiro atoms. The number of nitrogens with one attached hydrogen (secondary N) is 1. The Labute approximate surface area is 123 Å². The number of hydrogen-bond donors (Lipinski definition) is 3. The summed E-state index contributed by atoms with van der Waals surface area (Å²) in [4.78, 5) is 0. The van der Waals surface area contributed by atoms with Crippen molar-refractivity contribution in [3.8, 4) is 11.5 Å². The van der Waals surface area contributed by atoms with Gasteiger partial charge in [0.15, 0.2) is 0 Å². The fraction of sp³-hybridized carbons (Fsp3) is 0.143. The molecule has 0 aliphatic heterocycles. The number of halogens is 3. The van der Waals surface area contributed by atoms with Crippen LogP contribution in [0, 0.1) is 11.6 Å². The fourth-order valence-corrected chi connectivity index (χ4v) is 2.48. The first-order chi connectivity index (χ1) is 9.40. The molecule has 0 bridgehead atoms. The first kappa shape index (κ1) is 14.6. The van der Waals surface area contributed by atoms with Crippen molar-refractivity contribution in [1.29, 1.82) is 0 Å². The van der Waals surface area contributed by atoms with Crippen LogP contribution < -0.4 is 5.32 Å². The maximum atomic E-state index is 13.7. The topological polar surface area (TPSA) is 52.5 Å². The average molecular weight is 344 g/mol. The number of benzene rings is 2. The number of phenolic OH excluding ortho intramolecular Hbond substituents is 2. The van der Waals surface area contributed by atoms with Gasteiger partial charge >= 0.3 is 0 Å². The van der Waals surface area contributed by atoms with Crippen LogP contribution in [-0.4, -0.2) is 10.2 Å². The van der Waals surface area contributed by atoms with E-state index in [4.69, 9.17) is 0 Å². The molecule has 2 aromatic rings. The van der Waals surface area contributed by atoms with E-state index in [0.717, 1.165) is 12.1 Å². The molecule has 2 rings (SSSR count). The van der Waals surface area contributed by atoms with Gasteiger partial charge in [0.1, 0.15) is 23.1 Å². The molecule has 1 atom stereocenters. The third-order valence-electron chi connectivity index (χ3n) is 2.86. The molecule has 0 amide bonds. The molecule has 0 fully saturated rings. The highest BCUT2D eigenvalue weighted by atomic mass is 79.9. The minimum atomic E-state index is -0.765. The SMILES string of the molecule is CC(Nc1c(F)cc(F)cc1Br)c1c(O)cccc1O. The zero-order chi connectivity index (χ0) is 14.9. The molecule has 3 nitrogen and oxygen atoms in total. The fourth-order valence-electron chi connectivity index (χ4n) is 1.95. The molecule has 0 aromatic heterocycles. The van der Waals surface area contributed by atoms with Crippen LogP contribution in [-0.2, 0) is 0 Å². The summed E-state index contributed by atoms with van der Waals surface area (Å²) >= 11 is 3.07. The zero-order valence-electron chi connectivity index (χ0n) is 10.5. The molecular weight excluding hydrogens is 332 g/mol. The summed E-state index contributed by atoms with van der Waals surface area (Å²) in [5.41, 5.74) is 0.296. The first-order valence-electron chi connectivity index (χ1n) is 5.82. The van der Waals surface area contributed by atoms with E-state index >= 15 is 0 Å². The van der Waals surface area contributed by atoms with E-state index < -0.39 is 17.7 Å². The number of hydrogen-bond acceptors (Lipinski definition) is 3. The van der Waals surface area contributed by atoms with E-state index in [-0.39, 0.29) is 27.2 Å². The van der Waals surface area contributed by atoms with Crippen LogP contribution >= 0.6 is 15.9 Å².